The van der Waals surface area contributed by atoms with Gasteiger partial charge in [-0.3, -0.25) is 0 Å². The molecular formula is C17H16FN3OS. The van der Waals surface area contributed by atoms with Crippen LogP contribution in [0.25, 0.3) is 0 Å². The van der Waals surface area contributed by atoms with Gasteiger partial charge in [0, 0.05) is 11.5 Å². The molecule has 0 amide bonds. The lowest BCUT2D eigenvalue weighted by molar-refractivity contribution is 0.285. The summed E-state index contributed by atoms with van der Waals surface area (Å²) in [7, 11) is 0. The first-order valence-corrected chi connectivity index (χ1v) is 7.99. The standard InChI is InChI=1S/C17H16FN3OS/c1-12-19-17(23-21-12)20-15(13-7-3-2-4-8-13)11-22-16-10-6-5-9-14(16)18/h2-10,15H,11H2,1H3,(H,19,20,21). The van der Waals surface area contributed by atoms with Crippen molar-refractivity contribution < 1.29 is 9.13 Å². The quantitative estimate of drug-likeness (QED) is 0.735. The Morgan fingerprint density at radius 2 is 1.87 bits per heavy atom. The molecule has 0 aliphatic carbocycles. The molecule has 1 N–H and O–H groups in total. The summed E-state index contributed by atoms with van der Waals surface area (Å²) in [6.45, 7) is 2.12. The summed E-state index contributed by atoms with van der Waals surface area (Å²) in [4.78, 5) is 4.32. The monoisotopic (exact) mass is 329 g/mol. The highest BCUT2D eigenvalue weighted by molar-refractivity contribution is 7.09. The number of rotatable bonds is 6. The lowest BCUT2D eigenvalue weighted by Gasteiger charge is -2.19. The van der Waals surface area contributed by atoms with E-state index in [0.29, 0.717) is 5.13 Å². The van der Waals surface area contributed by atoms with Crippen LogP contribution in [0.2, 0.25) is 0 Å². The third-order valence-electron chi connectivity index (χ3n) is 3.27. The Labute approximate surface area is 138 Å². The number of aromatic nitrogens is 2. The predicted molar refractivity (Wildman–Crippen MR) is 89.3 cm³/mol. The van der Waals surface area contributed by atoms with E-state index in [0.717, 1.165) is 11.4 Å². The molecule has 0 fully saturated rings. The first-order chi connectivity index (χ1) is 11.2. The van der Waals surface area contributed by atoms with Crippen LogP contribution in [0.15, 0.2) is 54.6 Å². The number of nitrogens with zero attached hydrogens (tertiary/aromatic N) is 2. The van der Waals surface area contributed by atoms with Gasteiger partial charge in [-0.2, -0.15) is 4.37 Å². The number of para-hydroxylation sites is 1. The van der Waals surface area contributed by atoms with E-state index >= 15 is 0 Å². The normalized spacial score (nSPS) is 11.9. The maximum Gasteiger partial charge on any atom is 0.203 e. The summed E-state index contributed by atoms with van der Waals surface area (Å²) < 4.78 is 23.5. The van der Waals surface area contributed by atoms with E-state index in [9.17, 15) is 4.39 Å². The maximum atomic E-state index is 13.7. The zero-order valence-electron chi connectivity index (χ0n) is 12.6. The average Bonchev–Trinajstić information content (AvgIpc) is 2.99. The van der Waals surface area contributed by atoms with Crippen LogP contribution < -0.4 is 10.1 Å². The number of benzene rings is 2. The van der Waals surface area contributed by atoms with Crippen molar-refractivity contribution in [2.24, 2.45) is 0 Å². The van der Waals surface area contributed by atoms with Crippen LogP contribution in [0, 0.1) is 12.7 Å². The lowest BCUT2D eigenvalue weighted by atomic mass is 10.1. The van der Waals surface area contributed by atoms with Gasteiger partial charge in [0.25, 0.3) is 0 Å². The van der Waals surface area contributed by atoms with E-state index < -0.39 is 0 Å². The molecule has 0 aliphatic heterocycles. The molecule has 0 radical (unpaired) electrons. The van der Waals surface area contributed by atoms with Crippen LogP contribution in [0.3, 0.4) is 0 Å². The van der Waals surface area contributed by atoms with E-state index in [2.05, 4.69) is 14.7 Å². The van der Waals surface area contributed by atoms with Crippen LogP contribution >= 0.6 is 11.5 Å². The minimum Gasteiger partial charge on any atom is -0.488 e. The highest BCUT2D eigenvalue weighted by Crippen LogP contribution is 2.23. The van der Waals surface area contributed by atoms with Gasteiger partial charge in [0.15, 0.2) is 11.6 Å². The predicted octanol–water partition coefficient (Wildman–Crippen LogP) is 4.22. The molecule has 1 aromatic heterocycles. The highest BCUT2D eigenvalue weighted by atomic mass is 32.1. The number of ether oxygens (including phenoxy) is 1. The molecule has 0 saturated heterocycles. The highest BCUT2D eigenvalue weighted by Gasteiger charge is 2.15. The molecule has 1 heterocycles. The molecule has 3 rings (SSSR count). The topological polar surface area (TPSA) is 47.0 Å². The van der Waals surface area contributed by atoms with Crippen LogP contribution in [-0.4, -0.2) is 16.0 Å². The molecule has 0 saturated carbocycles. The number of anilines is 1. The van der Waals surface area contributed by atoms with Crippen molar-refractivity contribution in [2.45, 2.75) is 13.0 Å². The van der Waals surface area contributed by atoms with E-state index in [4.69, 9.17) is 4.74 Å². The van der Waals surface area contributed by atoms with Crippen LogP contribution in [-0.2, 0) is 0 Å². The first-order valence-electron chi connectivity index (χ1n) is 7.21. The maximum absolute atomic E-state index is 13.7. The number of hydrogen-bond donors (Lipinski definition) is 1. The molecule has 0 aliphatic rings. The fourth-order valence-corrected chi connectivity index (χ4v) is 2.77. The Morgan fingerprint density at radius 3 is 2.57 bits per heavy atom. The Bertz CT molecular complexity index is 763. The average molecular weight is 329 g/mol. The zero-order valence-corrected chi connectivity index (χ0v) is 13.4. The van der Waals surface area contributed by atoms with Crippen molar-refractivity contribution in [3.05, 3.63) is 71.8 Å². The van der Waals surface area contributed by atoms with Crippen molar-refractivity contribution in [2.75, 3.05) is 11.9 Å². The fourth-order valence-electron chi connectivity index (χ4n) is 2.15. The number of nitrogens with one attached hydrogen (secondary N) is 1. The van der Waals surface area contributed by atoms with Crippen molar-refractivity contribution in [1.82, 2.24) is 9.36 Å². The van der Waals surface area contributed by atoms with Crippen LogP contribution in [0.1, 0.15) is 17.4 Å². The minimum absolute atomic E-state index is 0.150. The molecule has 6 heteroatoms. The second-order valence-electron chi connectivity index (χ2n) is 5.00. The third kappa shape index (κ3) is 4.04. The minimum atomic E-state index is -0.369. The van der Waals surface area contributed by atoms with Gasteiger partial charge in [-0.15, -0.1) is 0 Å². The van der Waals surface area contributed by atoms with E-state index in [-0.39, 0.29) is 24.2 Å². The van der Waals surface area contributed by atoms with Gasteiger partial charge in [-0.25, -0.2) is 9.37 Å². The molecular weight excluding hydrogens is 313 g/mol. The summed E-state index contributed by atoms with van der Waals surface area (Å²) in [5.74, 6) is 0.592. The van der Waals surface area contributed by atoms with Crippen molar-refractivity contribution >= 4 is 16.7 Å². The molecule has 2 aromatic carbocycles. The molecule has 4 nitrogen and oxygen atoms in total. The molecule has 118 valence electrons. The van der Waals surface area contributed by atoms with E-state index in [1.54, 1.807) is 18.2 Å². The van der Waals surface area contributed by atoms with Gasteiger partial charge in [0.1, 0.15) is 12.4 Å². The Morgan fingerprint density at radius 1 is 1.13 bits per heavy atom. The van der Waals surface area contributed by atoms with Crippen LogP contribution in [0.5, 0.6) is 5.75 Å². The van der Waals surface area contributed by atoms with Crippen LogP contribution in [0.4, 0.5) is 9.52 Å². The first kappa shape index (κ1) is 15.4. The fraction of sp³-hybridized carbons (Fsp3) is 0.176. The van der Waals surface area contributed by atoms with Gasteiger partial charge in [-0.1, -0.05) is 42.5 Å². The van der Waals surface area contributed by atoms with Crippen molar-refractivity contribution in [3.63, 3.8) is 0 Å². The summed E-state index contributed by atoms with van der Waals surface area (Å²) in [6.07, 6.45) is 0. The van der Waals surface area contributed by atoms with Gasteiger partial charge in [-0.05, 0) is 24.6 Å². The molecule has 3 aromatic rings. The van der Waals surface area contributed by atoms with E-state index in [1.165, 1.54) is 17.6 Å². The summed E-state index contributed by atoms with van der Waals surface area (Å²) in [5, 5.41) is 4.02. The van der Waals surface area contributed by atoms with Gasteiger partial charge in [0.2, 0.25) is 5.13 Å². The smallest absolute Gasteiger partial charge is 0.203 e. The lowest BCUT2D eigenvalue weighted by Crippen LogP contribution is -2.19. The van der Waals surface area contributed by atoms with Gasteiger partial charge >= 0.3 is 0 Å². The third-order valence-corrected chi connectivity index (χ3v) is 4.01. The van der Waals surface area contributed by atoms with Gasteiger partial charge in [0.05, 0.1) is 6.04 Å². The second kappa shape index (κ2) is 7.19. The largest absolute Gasteiger partial charge is 0.488 e. The number of halogens is 1. The zero-order chi connectivity index (χ0) is 16.1. The molecule has 0 spiro atoms. The molecule has 0 bridgehead atoms. The summed E-state index contributed by atoms with van der Waals surface area (Å²) >= 11 is 1.30. The second-order valence-corrected chi connectivity index (χ2v) is 5.75. The molecule has 1 atom stereocenters. The van der Waals surface area contributed by atoms with Crippen molar-refractivity contribution in [3.8, 4) is 5.75 Å². The van der Waals surface area contributed by atoms with Gasteiger partial charge < -0.3 is 10.1 Å². The summed E-state index contributed by atoms with van der Waals surface area (Å²) in [5.41, 5.74) is 1.04. The van der Waals surface area contributed by atoms with E-state index in [1.807, 2.05) is 37.3 Å². The SMILES string of the molecule is Cc1nsc(NC(COc2ccccc2F)c2ccccc2)n1. The number of aryl methyl sites for hydroxylation is 1. The Balaban J connectivity index is 1.76. The van der Waals surface area contributed by atoms with Crippen molar-refractivity contribution in [1.29, 1.82) is 0 Å². The Kier molecular flexibility index (Phi) is 4.83. The summed E-state index contributed by atoms with van der Waals surface area (Å²) in [6, 6.07) is 16.1. The Hall–Kier alpha value is -2.47. The molecule has 23 heavy (non-hydrogen) atoms. The number of hydrogen-bond acceptors (Lipinski definition) is 5. The molecule has 1 unspecified atom stereocenters.